The van der Waals surface area contributed by atoms with Crippen molar-refractivity contribution in [1.29, 1.82) is 0 Å². The van der Waals surface area contributed by atoms with Crippen LogP contribution in [0.2, 0.25) is 0 Å². The lowest BCUT2D eigenvalue weighted by molar-refractivity contribution is 0.0707. The molecule has 0 saturated carbocycles. The van der Waals surface area contributed by atoms with Gasteiger partial charge in [0.1, 0.15) is 7.11 Å². The van der Waals surface area contributed by atoms with E-state index in [1.54, 1.807) is 4.90 Å². The van der Waals surface area contributed by atoms with E-state index in [1.807, 2.05) is 36.4 Å². The Hall–Kier alpha value is -2.66. The van der Waals surface area contributed by atoms with Crippen LogP contribution in [0, 0.1) is 6.92 Å². The fourth-order valence-corrected chi connectivity index (χ4v) is 3.26. The maximum absolute atomic E-state index is 12.8. The number of rotatable bonds is 4. The Morgan fingerprint density at radius 2 is 1.96 bits per heavy atom. The van der Waals surface area contributed by atoms with E-state index in [1.165, 1.54) is 12.7 Å². The summed E-state index contributed by atoms with van der Waals surface area (Å²) in [6.45, 7) is 2.45. The average Bonchev–Trinajstić information content (AvgIpc) is 3.05. The van der Waals surface area contributed by atoms with Gasteiger partial charge < -0.3 is 14.8 Å². The molecule has 0 bridgehead atoms. The summed E-state index contributed by atoms with van der Waals surface area (Å²) in [5.41, 5.74) is 4.74. The molecule has 1 aliphatic heterocycles. The number of carbonyl (C=O) groups is 1. The summed E-state index contributed by atoms with van der Waals surface area (Å²) in [7, 11) is 1.47. The molecule has 2 aromatic carbocycles. The van der Waals surface area contributed by atoms with Crippen molar-refractivity contribution in [3.8, 4) is 11.1 Å². The molecule has 1 aliphatic rings. The second-order valence-corrected chi connectivity index (χ2v) is 6.10. The number of hydrogen-bond donors (Lipinski definition) is 1. The first kappa shape index (κ1) is 17.2. The largest absolute Gasteiger partial charge is 0.399 e. The Bertz CT molecular complexity index is 784. The third-order valence-corrected chi connectivity index (χ3v) is 4.60. The lowest BCUT2D eigenvalue weighted by atomic mass is 9.99. The first-order valence-electron chi connectivity index (χ1n) is 8.33. The summed E-state index contributed by atoms with van der Waals surface area (Å²) in [6, 6.07) is 15.3. The molecule has 1 N–H and O–H groups in total. The van der Waals surface area contributed by atoms with Gasteiger partial charge in [-0.25, -0.2) is 0 Å². The number of amides is 1. The van der Waals surface area contributed by atoms with Crippen LogP contribution in [0.4, 0.5) is 0 Å². The number of aryl methyl sites for hydroxylation is 1. The second kappa shape index (κ2) is 7.49. The molecule has 25 heavy (non-hydrogen) atoms. The Labute approximate surface area is 147 Å². The third-order valence-electron chi connectivity index (χ3n) is 4.60. The highest BCUT2D eigenvalue weighted by atomic mass is 16.6. The summed E-state index contributed by atoms with van der Waals surface area (Å²) in [5, 5.41) is 13.6. The van der Waals surface area contributed by atoms with Gasteiger partial charge in [-0.05, 0) is 35.7 Å². The summed E-state index contributed by atoms with van der Waals surface area (Å²) in [4.78, 5) is 19.3. The minimum atomic E-state index is -0.413. The molecule has 3 rings (SSSR count). The first-order valence-corrected chi connectivity index (χ1v) is 8.33. The van der Waals surface area contributed by atoms with Gasteiger partial charge in [-0.3, -0.25) is 4.79 Å². The normalized spacial score (nSPS) is 18.6. The van der Waals surface area contributed by atoms with Gasteiger partial charge in [0, 0.05) is 18.5 Å². The SMILES string of the molecule is CO/N=C1/CCN(C(=O)c2ccc(-c3ccccc3C)cc2)C1CO. The van der Waals surface area contributed by atoms with Gasteiger partial charge >= 0.3 is 0 Å². The van der Waals surface area contributed by atoms with Crippen molar-refractivity contribution in [2.45, 2.75) is 19.4 Å². The van der Waals surface area contributed by atoms with Crippen molar-refractivity contribution in [2.75, 3.05) is 20.3 Å². The quantitative estimate of drug-likeness (QED) is 0.872. The topological polar surface area (TPSA) is 62.1 Å². The predicted molar refractivity (Wildman–Crippen MR) is 97.6 cm³/mol. The molecular weight excluding hydrogens is 316 g/mol. The molecule has 130 valence electrons. The Morgan fingerprint density at radius 3 is 2.60 bits per heavy atom. The van der Waals surface area contributed by atoms with Gasteiger partial charge in [-0.1, -0.05) is 41.6 Å². The Balaban J connectivity index is 1.82. The van der Waals surface area contributed by atoms with Crippen LogP contribution >= 0.6 is 0 Å². The van der Waals surface area contributed by atoms with Crippen LogP contribution < -0.4 is 0 Å². The van der Waals surface area contributed by atoms with Crippen molar-refractivity contribution in [1.82, 2.24) is 4.90 Å². The van der Waals surface area contributed by atoms with Gasteiger partial charge in [-0.2, -0.15) is 0 Å². The molecule has 1 amide bonds. The number of hydrogen-bond acceptors (Lipinski definition) is 4. The molecule has 5 heteroatoms. The van der Waals surface area contributed by atoms with E-state index in [0.29, 0.717) is 24.2 Å². The monoisotopic (exact) mass is 338 g/mol. The van der Waals surface area contributed by atoms with Gasteiger partial charge in [0.2, 0.25) is 0 Å². The molecule has 2 aromatic rings. The number of carbonyl (C=O) groups excluding carboxylic acids is 1. The van der Waals surface area contributed by atoms with E-state index in [0.717, 1.165) is 11.1 Å². The van der Waals surface area contributed by atoms with E-state index in [-0.39, 0.29) is 12.5 Å². The zero-order chi connectivity index (χ0) is 17.8. The molecule has 0 aliphatic carbocycles. The average molecular weight is 338 g/mol. The van der Waals surface area contributed by atoms with E-state index in [9.17, 15) is 9.90 Å². The van der Waals surface area contributed by atoms with E-state index in [2.05, 4.69) is 24.2 Å². The number of aliphatic hydroxyl groups excluding tert-OH is 1. The molecule has 1 atom stereocenters. The molecule has 1 saturated heterocycles. The lowest BCUT2D eigenvalue weighted by Crippen LogP contribution is -2.40. The molecular formula is C20H22N2O3. The lowest BCUT2D eigenvalue weighted by Gasteiger charge is -2.23. The third kappa shape index (κ3) is 3.42. The fraction of sp³-hybridized carbons (Fsp3) is 0.300. The number of nitrogens with zero attached hydrogens (tertiary/aromatic N) is 2. The molecule has 0 radical (unpaired) electrons. The Kier molecular flexibility index (Phi) is 5.14. The van der Waals surface area contributed by atoms with Gasteiger partial charge in [-0.15, -0.1) is 0 Å². The van der Waals surface area contributed by atoms with Gasteiger partial charge in [0.05, 0.1) is 18.4 Å². The highest BCUT2D eigenvalue weighted by molar-refractivity contribution is 6.02. The van der Waals surface area contributed by atoms with E-state index in [4.69, 9.17) is 4.84 Å². The molecule has 0 spiro atoms. The zero-order valence-electron chi connectivity index (χ0n) is 14.5. The molecule has 1 heterocycles. The minimum Gasteiger partial charge on any atom is -0.399 e. The van der Waals surface area contributed by atoms with Gasteiger partial charge in [0.25, 0.3) is 5.91 Å². The van der Waals surface area contributed by atoms with Crippen LogP contribution in [0.1, 0.15) is 22.3 Å². The maximum Gasteiger partial charge on any atom is 0.254 e. The molecule has 5 nitrogen and oxygen atoms in total. The maximum atomic E-state index is 12.8. The summed E-state index contributed by atoms with van der Waals surface area (Å²) < 4.78 is 0. The van der Waals surface area contributed by atoms with Crippen molar-refractivity contribution in [3.63, 3.8) is 0 Å². The number of aliphatic hydroxyl groups is 1. The van der Waals surface area contributed by atoms with Crippen LogP contribution in [0.15, 0.2) is 53.7 Å². The summed E-state index contributed by atoms with van der Waals surface area (Å²) in [6.07, 6.45) is 0.617. The van der Waals surface area contributed by atoms with E-state index >= 15 is 0 Å². The predicted octanol–water partition coefficient (Wildman–Crippen LogP) is 2.87. The number of benzene rings is 2. The van der Waals surface area contributed by atoms with Crippen LogP contribution in [-0.4, -0.2) is 47.9 Å². The smallest absolute Gasteiger partial charge is 0.254 e. The molecule has 0 aromatic heterocycles. The highest BCUT2D eigenvalue weighted by Gasteiger charge is 2.34. The van der Waals surface area contributed by atoms with Gasteiger partial charge in [0.15, 0.2) is 0 Å². The van der Waals surface area contributed by atoms with Crippen LogP contribution in [0.25, 0.3) is 11.1 Å². The van der Waals surface area contributed by atoms with E-state index < -0.39 is 6.04 Å². The van der Waals surface area contributed by atoms with Crippen molar-refractivity contribution < 1.29 is 14.7 Å². The zero-order valence-corrected chi connectivity index (χ0v) is 14.5. The Morgan fingerprint density at radius 1 is 1.24 bits per heavy atom. The summed E-state index contributed by atoms with van der Waals surface area (Å²) >= 11 is 0. The van der Waals surface area contributed by atoms with Crippen LogP contribution in [0.3, 0.4) is 0 Å². The number of oxime groups is 1. The molecule has 1 unspecified atom stereocenters. The van der Waals surface area contributed by atoms with Crippen molar-refractivity contribution >= 4 is 11.6 Å². The van der Waals surface area contributed by atoms with Crippen molar-refractivity contribution in [3.05, 3.63) is 59.7 Å². The first-order chi connectivity index (χ1) is 12.2. The van der Waals surface area contributed by atoms with Crippen molar-refractivity contribution in [2.24, 2.45) is 5.16 Å². The molecule has 1 fully saturated rings. The summed E-state index contributed by atoms with van der Waals surface area (Å²) in [5.74, 6) is -0.100. The number of likely N-dealkylation sites (tertiary alicyclic amines) is 1. The van der Waals surface area contributed by atoms with Crippen LogP contribution in [0.5, 0.6) is 0 Å². The second-order valence-electron chi connectivity index (χ2n) is 6.10. The standard InChI is InChI=1S/C20H22N2O3/c1-14-5-3-4-6-17(14)15-7-9-16(10-8-15)20(24)22-12-11-18(21-25-2)19(22)13-23/h3-10,19,23H,11-13H2,1-2H3/b21-18-. The highest BCUT2D eigenvalue weighted by Crippen LogP contribution is 2.25. The minimum absolute atomic E-state index is 0.100. The van der Waals surface area contributed by atoms with Crippen LogP contribution in [-0.2, 0) is 4.84 Å². The fourth-order valence-electron chi connectivity index (χ4n) is 3.26.